The Kier molecular flexibility index (Phi) is 12.2. The van der Waals surface area contributed by atoms with Crippen LogP contribution in [-0.4, -0.2) is 64.8 Å². The van der Waals surface area contributed by atoms with Crippen molar-refractivity contribution in [3.05, 3.63) is 151 Å². The Morgan fingerprint density at radius 3 is 1.38 bits per heavy atom. The highest BCUT2D eigenvalue weighted by Crippen LogP contribution is 2.42. The summed E-state index contributed by atoms with van der Waals surface area (Å²) in [5.41, 5.74) is 3.39. The number of fused-ring (bicyclic) bond motifs is 7. The second-order valence-corrected chi connectivity index (χ2v) is 16.3. The molecule has 330 valence electrons. The fourth-order valence-corrected chi connectivity index (χ4v) is 9.01. The summed E-state index contributed by atoms with van der Waals surface area (Å²) in [6.45, 7) is 5.80. The molecule has 0 fully saturated rings. The van der Waals surface area contributed by atoms with Gasteiger partial charge in [0.25, 0.3) is 0 Å². The van der Waals surface area contributed by atoms with Crippen LogP contribution in [0.25, 0.3) is 54.4 Å². The van der Waals surface area contributed by atoms with Crippen molar-refractivity contribution in [2.45, 2.75) is 44.7 Å². The van der Waals surface area contributed by atoms with Gasteiger partial charge in [-0.05, 0) is 66.1 Å². The normalized spacial score (nSPS) is 12.6. The maximum Gasteiger partial charge on any atom is 0.329 e. The first kappa shape index (κ1) is 42.6. The first-order valence-electron chi connectivity index (χ1n) is 21.9. The van der Waals surface area contributed by atoms with Crippen LogP contribution in [0.4, 0.5) is 0 Å². The van der Waals surface area contributed by atoms with Crippen LogP contribution in [0.3, 0.4) is 0 Å². The summed E-state index contributed by atoms with van der Waals surface area (Å²) in [6.07, 6.45) is 1.18. The fraction of sp³-hybridized carbons (Fsp3) is 0.222. The number of rotatable bonds is 19. The molecule has 0 radical (unpaired) electrons. The van der Waals surface area contributed by atoms with Crippen LogP contribution in [-0.2, 0) is 9.59 Å². The highest BCUT2D eigenvalue weighted by atomic mass is 16.5. The second-order valence-electron chi connectivity index (χ2n) is 16.3. The molecule has 0 aliphatic carbocycles. The van der Waals surface area contributed by atoms with Crippen LogP contribution in [0, 0.1) is 0 Å². The quantitative estimate of drug-likeness (QED) is 0.0763. The Bertz CT molecular complexity index is 3190. The Hall–Kier alpha value is -7.66. The molecular weight excluding hydrogens is 821 g/mol. The number of nitrogens with zero attached hydrogens (tertiary/aromatic N) is 2. The van der Waals surface area contributed by atoms with Crippen molar-refractivity contribution >= 4 is 66.3 Å². The number of ether oxygens (including phenoxy) is 5. The Labute approximate surface area is 375 Å². The predicted octanol–water partition coefficient (Wildman–Crippen LogP) is 11.8. The lowest BCUT2D eigenvalue weighted by Gasteiger charge is -2.26. The van der Waals surface area contributed by atoms with Crippen LogP contribution in [0.1, 0.15) is 50.3 Å². The van der Waals surface area contributed by atoms with E-state index in [1.165, 1.54) is 0 Å². The molecule has 2 unspecified atom stereocenters. The van der Waals surface area contributed by atoms with E-state index in [4.69, 9.17) is 23.7 Å². The van der Waals surface area contributed by atoms with Gasteiger partial charge >= 0.3 is 11.9 Å². The van der Waals surface area contributed by atoms with Gasteiger partial charge in [0.1, 0.15) is 28.7 Å². The average Bonchev–Trinajstić information content (AvgIpc) is 3.81. The summed E-state index contributed by atoms with van der Waals surface area (Å²) in [5.74, 6) is 1.15. The first-order chi connectivity index (χ1) is 31.7. The van der Waals surface area contributed by atoms with Gasteiger partial charge in [0.2, 0.25) is 0 Å². The molecule has 2 aromatic heterocycles. The number of carboxylic acids is 2. The van der Waals surface area contributed by atoms with E-state index in [0.717, 1.165) is 55.1 Å². The van der Waals surface area contributed by atoms with Gasteiger partial charge in [-0.3, -0.25) is 0 Å². The number of para-hydroxylation sites is 3. The van der Waals surface area contributed by atoms with Crippen LogP contribution in [0.2, 0.25) is 0 Å². The molecule has 9 aromatic rings. The van der Waals surface area contributed by atoms with Crippen molar-refractivity contribution in [1.82, 2.24) is 9.13 Å². The smallest absolute Gasteiger partial charge is 0.329 e. The number of carbonyl (C=O) groups is 2. The van der Waals surface area contributed by atoms with Crippen molar-refractivity contribution in [2.75, 3.05) is 33.5 Å². The molecule has 0 saturated heterocycles. The highest BCUT2D eigenvalue weighted by Gasteiger charge is 2.40. The van der Waals surface area contributed by atoms with Gasteiger partial charge in [-0.2, -0.15) is 0 Å². The van der Waals surface area contributed by atoms with E-state index in [1.807, 2.05) is 127 Å². The zero-order valence-electron chi connectivity index (χ0n) is 36.5. The molecule has 9 rings (SSSR count). The summed E-state index contributed by atoms with van der Waals surface area (Å²) in [7, 11) is 1.65. The van der Waals surface area contributed by atoms with E-state index in [1.54, 1.807) is 28.4 Å². The van der Waals surface area contributed by atoms with E-state index in [-0.39, 0.29) is 0 Å². The zero-order valence-corrected chi connectivity index (χ0v) is 36.5. The van der Waals surface area contributed by atoms with Crippen molar-refractivity contribution in [2.24, 2.45) is 0 Å². The monoisotopic (exact) mass is 870 g/mol. The van der Waals surface area contributed by atoms with Crippen molar-refractivity contribution in [1.29, 1.82) is 0 Å². The number of carboxylic acid groups (broad SMARTS) is 2. The van der Waals surface area contributed by atoms with Crippen molar-refractivity contribution < 1.29 is 43.5 Å². The minimum Gasteiger partial charge on any atom is -0.496 e. The minimum absolute atomic E-state index is 0.324. The molecule has 2 N–H and O–H groups in total. The van der Waals surface area contributed by atoms with Gasteiger partial charge < -0.3 is 43.0 Å². The number of hydrogen-bond donors (Lipinski definition) is 2. The summed E-state index contributed by atoms with van der Waals surface area (Å²) >= 11 is 0. The third-order valence-corrected chi connectivity index (χ3v) is 12.0. The van der Waals surface area contributed by atoms with Crippen LogP contribution >= 0.6 is 0 Å². The molecule has 0 aliphatic rings. The van der Waals surface area contributed by atoms with Gasteiger partial charge in [-0.25, -0.2) is 9.59 Å². The third kappa shape index (κ3) is 8.33. The van der Waals surface area contributed by atoms with Gasteiger partial charge in [-0.15, -0.1) is 0 Å². The van der Waals surface area contributed by atoms with E-state index >= 15 is 0 Å². The highest BCUT2D eigenvalue weighted by molar-refractivity contribution is 6.11. The summed E-state index contributed by atoms with van der Waals surface area (Å²) in [5, 5.41) is 27.5. The van der Waals surface area contributed by atoms with Crippen LogP contribution in [0.15, 0.2) is 146 Å². The third-order valence-electron chi connectivity index (χ3n) is 12.0. The molecule has 11 heteroatoms. The average molecular weight is 871 g/mol. The summed E-state index contributed by atoms with van der Waals surface area (Å²) < 4.78 is 33.6. The first-order valence-corrected chi connectivity index (χ1v) is 21.9. The second kappa shape index (κ2) is 18.6. The number of hydrogen-bond acceptors (Lipinski definition) is 7. The topological polar surface area (TPSA) is 131 Å². The van der Waals surface area contributed by atoms with Gasteiger partial charge in [0, 0.05) is 57.3 Å². The Balaban J connectivity index is 1.01. The van der Waals surface area contributed by atoms with E-state index in [2.05, 4.69) is 19.9 Å². The largest absolute Gasteiger partial charge is 0.496 e. The minimum atomic E-state index is -1.59. The number of benzene rings is 7. The molecule has 0 aliphatic heterocycles. The maximum atomic E-state index is 13.8. The van der Waals surface area contributed by atoms with Crippen molar-refractivity contribution in [3.8, 4) is 28.7 Å². The molecule has 65 heavy (non-hydrogen) atoms. The number of aliphatic carboxylic acids is 2. The molecule has 7 aromatic carbocycles. The summed E-state index contributed by atoms with van der Waals surface area (Å²) in [6, 6.07) is 42.6. The van der Waals surface area contributed by atoms with Gasteiger partial charge in [0.05, 0.1) is 55.6 Å². The standard InChI is InChI=1S/C54H50N2O9/c1-34(2)37-14-8-11-21-49(37)64-30-12-28-62-35-22-24-40-38-15-6-9-19-44(38)55(46(40)32-35)51(53(57)58)52(54(59)60)56-45-20-10-7-16-39(45)41-25-23-36(33-47(41)56)63-29-13-31-65-50-27-26-48(61-3)42-17-4-5-18-43(42)50/h4-11,14-27,32-34,51-52H,12-13,28-31H2,1-3H3,(H,57,58)(H,59,60). The maximum absolute atomic E-state index is 13.8. The van der Waals surface area contributed by atoms with E-state index in [0.29, 0.717) is 78.8 Å². The van der Waals surface area contributed by atoms with Gasteiger partial charge in [0.15, 0.2) is 12.1 Å². The SMILES string of the molecule is COc1ccc(OCCCOc2ccc3c4ccccc4n(C(C(=O)O)C(C(=O)O)n4c5ccccc5c5ccc(OCCCOc6ccccc6C(C)C)cc54)c3c2)c2ccccc12. The van der Waals surface area contributed by atoms with Crippen LogP contribution < -0.4 is 23.7 Å². The molecular formula is C54H50N2O9. The van der Waals surface area contributed by atoms with Gasteiger partial charge in [-0.1, -0.05) is 92.7 Å². The summed E-state index contributed by atoms with van der Waals surface area (Å²) in [4.78, 5) is 27.6. The van der Waals surface area contributed by atoms with Crippen LogP contribution in [0.5, 0.6) is 28.7 Å². The number of methoxy groups -OCH3 is 1. The Morgan fingerprint density at radius 1 is 0.462 bits per heavy atom. The predicted molar refractivity (Wildman–Crippen MR) is 254 cm³/mol. The molecule has 0 amide bonds. The molecule has 2 atom stereocenters. The van der Waals surface area contributed by atoms with E-state index in [9.17, 15) is 19.8 Å². The lowest BCUT2D eigenvalue weighted by atomic mass is 10.0. The molecule has 11 nitrogen and oxygen atoms in total. The Morgan fingerprint density at radius 2 is 0.877 bits per heavy atom. The lowest BCUT2D eigenvalue weighted by Crippen LogP contribution is -2.34. The molecule has 0 spiro atoms. The van der Waals surface area contributed by atoms with E-state index < -0.39 is 24.0 Å². The molecule has 2 heterocycles. The molecule has 0 bridgehead atoms. The fourth-order valence-electron chi connectivity index (χ4n) is 9.01. The number of aromatic nitrogens is 2. The zero-order chi connectivity index (χ0) is 45.0. The molecule has 0 saturated carbocycles. The van der Waals surface area contributed by atoms with Crippen molar-refractivity contribution in [3.63, 3.8) is 0 Å². The lowest BCUT2D eigenvalue weighted by molar-refractivity contribution is -0.151.